The zero-order valence-electron chi connectivity index (χ0n) is 19.0. The van der Waals surface area contributed by atoms with Crippen LogP contribution in [0.1, 0.15) is 50.4 Å². The van der Waals surface area contributed by atoms with Crippen molar-refractivity contribution in [3.05, 3.63) is 53.2 Å². The predicted octanol–water partition coefficient (Wildman–Crippen LogP) is 6.13. The summed E-state index contributed by atoms with van der Waals surface area (Å²) in [5, 5.41) is 0.751. The van der Waals surface area contributed by atoms with Crippen LogP contribution in [0, 0.1) is 18.2 Å². The Morgan fingerprint density at radius 1 is 1.21 bits per heavy atom. The van der Waals surface area contributed by atoms with Gasteiger partial charge in [-0.2, -0.15) is 13.2 Å². The van der Waals surface area contributed by atoms with Crippen LogP contribution in [-0.2, 0) is 30.3 Å². The zero-order chi connectivity index (χ0) is 24.1. The molecule has 1 fully saturated rings. The number of fused-ring (bicyclic) bond motifs is 1. The molecule has 0 saturated heterocycles. The van der Waals surface area contributed by atoms with Crippen molar-refractivity contribution < 1.29 is 21.8 Å². The van der Waals surface area contributed by atoms with Crippen LogP contribution < -0.4 is 4.72 Å². The van der Waals surface area contributed by atoms with Crippen molar-refractivity contribution >= 4 is 21.9 Å². The van der Waals surface area contributed by atoms with Gasteiger partial charge in [0.05, 0.1) is 16.5 Å². The van der Waals surface area contributed by atoms with Gasteiger partial charge in [0.25, 0.3) is 0 Å². The minimum Gasteiger partial charge on any atom is -0.347 e. The van der Waals surface area contributed by atoms with E-state index >= 15 is 4.39 Å². The Morgan fingerprint density at radius 3 is 2.52 bits per heavy atom. The largest absolute Gasteiger partial charge is 0.417 e. The summed E-state index contributed by atoms with van der Waals surface area (Å²) in [7, 11) is -1.16. The van der Waals surface area contributed by atoms with E-state index in [2.05, 4.69) is 30.5 Å². The fourth-order valence-corrected chi connectivity index (χ4v) is 5.15. The lowest BCUT2D eigenvalue weighted by Crippen LogP contribution is -2.19. The van der Waals surface area contributed by atoms with Crippen molar-refractivity contribution in [3.8, 4) is 11.1 Å². The van der Waals surface area contributed by atoms with Gasteiger partial charge in [0.15, 0.2) is 0 Å². The molecule has 2 heterocycles. The molecule has 178 valence electrons. The van der Waals surface area contributed by atoms with Crippen LogP contribution in [0.2, 0.25) is 0 Å². The number of halogens is 4. The highest BCUT2D eigenvalue weighted by Crippen LogP contribution is 2.41. The molecule has 0 amide bonds. The summed E-state index contributed by atoms with van der Waals surface area (Å²) in [6.07, 6.45) is 0.172. The molecule has 1 aliphatic carbocycles. The number of nitrogens with one attached hydrogen (secondary N) is 1. The number of pyridine rings is 1. The number of hydrogen-bond acceptors (Lipinski definition) is 2. The topological polar surface area (TPSA) is 46.9 Å². The van der Waals surface area contributed by atoms with Gasteiger partial charge in [-0.25, -0.2) is 13.3 Å². The molecule has 1 saturated carbocycles. The standard InChI is InChI=1S/C24H27F4N3OS/c1-14-22(19(7-8-29-14)24(26,27)28)18-10-21-17(9-20(18)25)15(11-30-33(32)16-5-6-16)12-31(21)13-23(2,3)4/h7-10,12,16,30H,5-6,11,13H2,1-4H3. The second-order valence-corrected chi connectivity index (χ2v) is 11.4. The number of benzene rings is 1. The van der Waals surface area contributed by atoms with Gasteiger partial charge < -0.3 is 4.57 Å². The average Bonchev–Trinajstić information content (AvgIpc) is 3.49. The van der Waals surface area contributed by atoms with Crippen LogP contribution >= 0.6 is 0 Å². The molecule has 4 nitrogen and oxygen atoms in total. The van der Waals surface area contributed by atoms with Crippen molar-refractivity contribution in [2.45, 2.75) is 65.1 Å². The van der Waals surface area contributed by atoms with Crippen LogP contribution in [0.25, 0.3) is 22.0 Å². The molecule has 0 bridgehead atoms. The van der Waals surface area contributed by atoms with Gasteiger partial charge in [-0.1, -0.05) is 20.8 Å². The lowest BCUT2D eigenvalue weighted by atomic mass is 9.95. The molecular formula is C24H27F4N3OS. The summed E-state index contributed by atoms with van der Waals surface area (Å²) < 4.78 is 73.7. The zero-order valence-corrected chi connectivity index (χ0v) is 19.8. The Balaban J connectivity index is 1.87. The fourth-order valence-electron chi connectivity index (χ4n) is 4.05. The van der Waals surface area contributed by atoms with Crippen LogP contribution in [-0.4, -0.2) is 19.0 Å². The molecule has 0 spiro atoms. The predicted molar refractivity (Wildman–Crippen MR) is 122 cm³/mol. The Kier molecular flexibility index (Phi) is 6.16. The van der Waals surface area contributed by atoms with E-state index in [9.17, 15) is 17.4 Å². The Morgan fingerprint density at radius 2 is 1.91 bits per heavy atom. The summed E-state index contributed by atoms with van der Waals surface area (Å²) in [6, 6.07) is 3.65. The summed E-state index contributed by atoms with van der Waals surface area (Å²) in [5.41, 5.74) is 0.0859. The molecule has 1 N–H and O–H groups in total. The minimum absolute atomic E-state index is 0.110. The maximum atomic E-state index is 15.3. The molecule has 2 aromatic heterocycles. The number of alkyl halides is 3. The first-order chi connectivity index (χ1) is 15.3. The number of rotatable bonds is 6. The first-order valence-corrected chi connectivity index (χ1v) is 12.0. The highest BCUT2D eigenvalue weighted by molar-refractivity contribution is 7.83. The van der Waals surface area contributed by atoms with Gasteiger partial charge in [0.2, 0.25) is 0 Å². The third kappa shape index (κ3) is 5.14. The van der Waals surface area contributed by atoms with E-state index < -0.39 is 28.5 Å². The van der Waals surface area contributed by atoms with Crippen molar-refractivity contribution in [3.63, 3.8) is 0 Å². The lowest BCUT2D eigenvalue weighted by Gasteiger charge is -2.20. The molecule has 1 aromatic carbocycles. The Hall–Kier alpha value is -2.26. The number of aromatic nitrogens is 2. The van der Waals surface area contributed by atoms with Crippen molar-refractivity contribution in [2.24, 2.45) is 5.41 Å². The number of hydrogen-bond donors (Lipinski definition) is 1. The van der Waals surface area contributed by atoms with Gasteiger partial charge in [0.1, 0.15) is 5.82 Å². The van der Waals surface area contributed by atoms with Crippen LogP contribution in [0.15, 0.2) is 30.6 Å². The monoisotopic (exact) mass is 481 g/mol. The van der Waals surface area contributed by atoms with E-state index in [0.717, 1.165) is 30.7 Å². The summed E-state index contributed by atoms with van der Waals surface area (Å²) in [6.45, 7) is 8.47. The van der Waals surface area contributed by atoms with E-state index in [1.54, 1.807) is 0 Å². The molecule has 1 aliphatic rings. The number of nitrogens with zero attached hydrogens (tertiary/aromatic N) is 2. The van der Waals surface area contributed by atoms with Crippen LogP contribution in [0.5, 0.6) is 0 Å². The van der Waals surface area contributed by atoms with Crippen molar-refractivity contribution in [1.82, 2.24) is 14.3 Å². The molecular weight excluding hydrogens is 454 g/mol. The maximum absolute atomic E-state index is 15.3. The van der Waals surface area contributed by atoms with E-state index in [0.29, 0.717) is 17.4 Å². The smallest absolute Gasteiger partial charge is 0.347 e. The summed E-state index contributed by atoms with van der Waals surface area (Å²) >= 11 is 0. The normalized spacial score (nSPS) is 15.9. The fraction of sp³-hybridized carbons (Fsp3) is 0.458. The average molecular weight is 482 g/mol. The molecule has 33 heavy (non-hydrogen) atoms. The van der Waals surface area contributed by atoms with Gasteiger partial charge in [-0.3, -0.25) is 4.98 Å². The molecule has 1 atom stereocenters. The molecule has 3 aromatic rings. The molecule has 1 unspecified atom stereocenters. The molecule has 0 radical (unpaired) electrons. The number of aryl methyl sites for hydroxylation is 1. The highest BCUT2D eigenvalue weighted by atomic mass is 32.2. The second kappa shape index (κ2) is 8.51. The quantitative estimate of drug-likeness (QED) is 0.431. The van der Waals surface area contributed by atoms with E-state index in [-0.39, 0.29) is 34.0 Å². The minimum atomic E-state index is -4.64. The summed E-state index contributed by atoms with van der Waals surface area (Å²) in [4.78, 5) is 3.99. The van der Waals surface area contributed by atoms with Crippen LogP contribution in [0.4, 0.5) is 17.6 Å². The van der Waals surface area contributed by atoms with E-state index in [4.69, 9.17) is 0 Å². The Labute approximate surface area is 193 Å². The van der Waals surface area contributed by atoms with Crippen molar-refractivity contribution in [1.29, 1.82) is 0 Å². The third-order valence-corrected chi connectivity index (χ3v) is 7.15. The maximum Gasteiger partial charge on any atom is 0.417 e. The molecule has 0 aliphatic heterocycles. The third-order valence-electron chi connectivity index (χ3n) is 5.64. The highest BCUT2D eigenvalue weighted by Gasteiger charge is 2.35. The van der Waals surface area contributed by atoms with Gasteiger partial charge in [-0.05, 0) is 48.9 Å². The van der Waals surface area contributed by atoms with Gasteiger partial charge >= 0.3 is 6.18 Å². The first-order valence-electron chi connectivity index (χ1n) is 10.8. The summed E-state index contributed by atoms with van der Waals surface area (Å²) in [5.74, 6) is -0.748. The first kappa shape index (κ1) is 23.9. The van der Waals surface area contributed by atoms with Gasteiger partial charge in [-0.15, -0.1) is 0 Å². The van der Waals surface area contributed by atoms with E-state index in [1.807, 2.05) is 10.8 Å². The Bertz CT molecular complexity index is 1220. The molecule has 4 rings (SSSR count). The van der Waals surface area contributed by atoms with Crippen molar-refractivity contribution in [2.75, 3.05) is 0 Å². The SMILES string of the molecule is Cc1nccc(C(F)(F)F)c1-c1cc2c(cc1F)c(CNS(=O)C1CC1)cn2CC(C)(C)C. The van der Waals surface area contributed by atoms with Crippen LogP contribution in [0.3, 0.4) is 0 Å². The van der Waals surface area contributed by atoms with Gasteiger partial charge in [0, 0.05) is 58.5 Å². The lowest BCUT2D eigenvalue weighted by molar-refractivity contribution is -0.137. The second-order valence-electron chi connectivity index (χ2n) is 9.83. The van der Waals surface area contributed by atoms with E-state index in [1.165, 1.54) is 19.1 Å². The molecule has 9 heteroatoms.